The van der Waals surface area contributed by atoms with E-state index in [0.717, 1.165) is 17.7 Å². The van der Waals surface area contributed by atoms with Crippen molar-refractivity contribution in [1.29, 1.82) is 0 Å². The van der Waals surface area contributed by atoms with E-state index < -0.39 is 0 Å². The van der Waals surface area contributed by atoms with Crippen molar-refractivity contribution < 1.29 is 13.9 Å². The maximum atomic E-state index is 13.5. The van der Waals surface area contributed by atoms with Gasteiger partial charge in [-0.2, -0.15) is 0 Å². The zero-order chi connectivity index (χ0) is 16.7. The van der Waals surface area contributed by atoms with Crippen molar-refractivity contribution in [3.8, 4) is 5.75 Å². The summed E-state index contributed by atoms with van der Waals surface area (Å²) in [5, 5.41) is 0. The van der Waals surface area contributed by atoms with Crippen molar-refractivity contribution in [2.45, 2.75) is 19.3 Å². The van der Waals surface area contributed by atoms with Crippen LogP contribution in [0.15, 0.2) is 48.5 Å². The van der Waals surface area contributed by atoms with Crippen molar-refractivity contribution in [2.75, 3.05) is 20.7 Å². The van der Waals surface area contributed by atoms with E-state index in [2.05, 4.69) is 0 Å². The standard InChI is InChI=1S/C19H22FNO2/c1-21(14-13-15-7-10-17(23-2)11-8-15)19(22)12-9-16-5-3-4-6-18(16)20/h3-8,10-11H,9,12-14H2,1-2H3. The van der Waals surface area contributed by atoms with E-state index in [9.17, 15) is 9.18 Å². The number of hydrogen-bond donors (Lipinski definition) is 0. The first-order chi connectivity index (χ1) is 11.1. The van der Waals surface area contributed by atoms with Crippen LogP contribution < -0.4 is 4.74 Å². The minimum absolute atomic E-state index is 0.0294. The molecule has 0 bridgehead atoms. The Labute approximate surface area is 136 Å². The lowest BCUT2D eigenvalue weighted by molar-refractivity contribution is -0.129. The quantitative estimate of drug-likeness (QED) is 0.783. The summed E-state index contributed by atoms with van der Waals surface area (Å²) in [4.78, 5) is 13.8. The average Bonchev–Trinajstić information content (AvgIpc) is 2.59. The third-order valence-electron chi connectivity index (χ3n) is 3.89. The zero-order valence-corrected chi connectivity index (χ0v) is 13.6. The van der Waals surface area contributed by atoms with Gasteiger partial charge in [0.15, 0.2) is 0 Å². The molecule has 1 amide bonds. The predicted octanol–water partition coefficient (Wildman–Crippen LogP) is 3.47. The molecule has 0 heterocycles. The highest BCUT2D eigenvalue weighted by molar-refractivity contribution is 5.76. The summed E-state index contributed by atoms with van der Waals surface area (Å²) < 4.78 is 18.7. The molecule has 23 heavy (non-hydrogen) atoms. The Kier molecular flexibility index (Phi) is 6.15. The number of ether oxygens (including phenoxy) is 1. The van der Waals surface area contributed by atoms with Crippen LogP contribution in [0.4, 0.5) is 4.39 Å². The summed E-state index contributed by atoms with van der Waals surface area (Å²) in [7, 11) is 3.42. The predicted molar refractivity (Wildman–Crippen MR) is 89.1 cm³/mol. The highest BCUT2D eigenvalue weighted by Crippen LogP contribution is 2.13. The highest BCUT2D eigenvalue weighted by atomic mass is 19.1. The van der Waals surface area contributed by atoms with Gasteiger partial charge in [0.25, 0.3) is 0 Å². The van der Waals surface area contributed by atoms with E-state index in [1.807, 2.05) is 24.3 Å². The van der Waals surface area contributed by atoms with Crippen molar-refractivity contribution in [2.24, 2.45) is 0 Å². The van der Waals surface area contributed by atoms with Gasteiger partial charge in [0, 0.05) is 20.0 Å². The van der Waals surface area contributed by atoms with Gasteiger partial charge in [0.05, 0.1) is 7.11 Å². The number of nitrogens with zero attached hydrogens (tertiary/aromatic N) is 1. The van der Waals surface area contributed by atoms with Gasteiger partial charge in [-0.3, -0.25) is 4.79 Å². The monoisotopic (exact) mass is 315 g/mol. The van der Waals surface area contributed by atoms with E-state index in [1.54, 1.807) is 37.3 Å². The number of carbonyl (C=O) groups excluding carboxylic acids is 1. The normalized spacial score (nSPS) is 10.4. The fourth-order valence-corrected chi connectivity index (χ4v) is 2.35. The van der Waals surface area contributed by atoms with Crippen molar-refractivity contribution in [1.82, 2.24) is 4.90 Å². The number of rotatable bonds is 7. The molecule has 3 nitrogen and oxygen atoms in total. The molecule has 0 spiro atoms. The smallest absolute Gasteiger partial charge is 0.222 e. The molecule has 0 saturated carbocycles. The van der Waals surface area contributed by atoms with E-state index in [-0.39, 0.29) is 11.7 Å². The van der Waals surface area contributed by atoms with Crippen molar-refractivity contribution >= 4 is 5.91 Å². The summed E-state index contributed by atoms with van der Waals surface area (Å²) in [6, 6.07) is 14.4. The fraction of sp³-hybridized carbons (Fsp3) is 0.316. The van der Waals surface area contributed by atoms with Crippen LogP contribution in [0.2, 0.25) is 0 Å². The second-order valence-corrected chi connectivity index (χ2v) is 5.50. The summed E-state index contributed by atoms with van der Waals surface area (Å²) >= 11 is 0. The molecule has 2 aromatic rings. The van der Waals surface area contributed by atoms with Crippen LogP contribution in [0.25, 0.3) is 0 Å². The Bertz CT molecular complexity index is 640. The molecule has 122 valence electrons. The van der Waals surface area contributed by atoms with Gasteiger partial charge in [-0.15, -0.1) is 0 Å². The third kappa shape index (κ3) is 5.09. The van der Waals surface area contributed by atoms with E-state index in [0.29, 0.717) is 24.9 Å². The van der Waals surface area contributed by atoms with Gasteiger partial charge in [-0.1, -0.05) is 30.3 Å². The third-order valence-corrected chi connectivity index (χ3v) is 3.89. The molecule has 0 atom stereocenters. The minimum atomic E-state index is -0.249. The molecule has 2 rings (SSSR count). The minimum Gasteiger partial charge on any atom is -0.497 e. The van der Waals surface area contributed by atoms with Gasteiger partial charge in [0.1, 0.15) is 11.6 Å². The van der Waals surface area contributed by atoms with Crippen LogP contribution in [0.3, 0.4) is 0 Å². The van der Waals surface area contributed by atoms with Gasteiger partial charge in [0.2, 0.25) is 5.91 Å². The highest BCUT2D eigenvalue weighted by Gasteiger charge is 2.10. The number of hydrogen-bond acceptors (Lipinski definition) is 2. The van der Waals surface area contributed by atoms with Crippen molar-refractivity contribution in [3.63, 3.8) is 0 Å². The van der Waals surface area contributed by atoms with Gasteiger partial charge in [-0.25, -0.2) is 4.39 Å². The lowest BCUT2D eigenvalue weighted by Crippen LogP contribution is -2.29. The van der Waals surface area contributed by atoms with Gasteiger partial charge in [-0.05, 0) is 42.2 Å². The summed E-state index contributed by atoms with van der Waals surface area (Å²) in [5.41, 5.74) is 1.74. The number of likely N-dealkylation sites (N-methyl/N-ethyl adjacent to an activating group) is 1. The largest absolute Gasteiger partial charge is 0.497 e. The van der Waals surface area contributed by atoms with Crippen LogP contribution in [-0.2, 0) is 17.6 Å². The number of methoxy groups -OCH3 is 1. The molecule has 2 aromatic carbocycles. The lowest BCUT2D eigenvalue weighted by Gasteiger charge is -2.17. The molecular formula is C19H22FNO2. The molecule has 0 aliphatic heterocycles. The molecule has 0 aliphatic carbocycles. The summed E-state index contributed by atoms with van der Waals surface area (Å²) in [5.74, 6) is 0.603. The zero-order valence-electron chi connectivity index (χ0n) is 13.6. The van der Waals surface area contributed by atoms with E-state index in [1.165, 1.54) is 6.07 Å². The molecule has 0 fully saturated rings. The number of amides is 1. The molecular weight excluding hydrogens is 293 g/mol. The molecule has 0 aliphatic rings. The number of carbonyl (C=O) groups is 1. The molecule has 0 radical (unpaired) electrons. The first-order valence-corrected chi connectivity index (χ1v) is 7.70. The Morgan fingerprint density at radius 2 is 1.78 bits per heavy atom. The molecule has 0 N–H and O–H groups in total. The molecule has 0 aromatic heterocycles. The van der Waals surface area contributed by atoms with Crippen LogP contribution in [0, 0.1) is 5.82 Å². The van der Waals surface area contributed by atoms with Gasteiger partial charge >= 0.3 is 0 Å². The first-order valence-electron chi connectivity index (χ1n) is 7.70. The average molecular weight is 315 g/mol. The number of halogens is 1. The van der Waals surface area contributed by atoms with Crippen LogP contribution in [0.5, 0.6) is 5.75 Å². The second kappa shape index (κ2) is 8.32. The first kappa shape index (κ1) is 17.0. The van der Waals surface area contributed by atoms with E-state index >= 15 is 0 Å². The molecule has 0 unspecified atom stereocenters. The number of benzene rings is 2. The van der Waals surface area contributed by atoms with Crippen LogP contribution in [0.1, 0.15) is 17.5 Å². The van der Waals surface area contributed by atoms with Crippen LogP contribution in [-0.4, -0.2) is 31.5 Å². The number of aryl methyl sites for hydroxylation is 1. The Morgan fingerprint density at radius 1 is 1.09 bits per heavy atom. The van der Waals surface area contributed by atoms with Crippen molar-refractivity contribution in [3.05, 3.63) is 65.5 Å². The Morgan fingerprint density at radius 3 is 2.43 bits per heavy atom. The Balaban J connectivity index is 1.79. The topological polar surface area (TPSA) is 29.5 Å². The Hall–Kier alpha value is -2.36. The maximum Gasteiger partial charge on any atom is 0.222 e. The maximum absolute atomic E-state index is 13.5. The lowest BCUT2D eigenvalue weighted by atomic mass is 10.1. The second-order valence-electron chi connectivity index (χ2n) is 5.50. The molecule has 4 heteroatoms. The SMILES string of the molecule is COc1ccc(CCN(C)C(=O)CCc2ccccc2F)cc1. The fourth-order valence-electron chi connectivity index (χ4n) is 2.35. The van der Waals surface area contributed by atoms with Crippen LogP contribution >= 0.6 is 0 Å². The summed E-state index contributed by atoms with van der Waals surface area (Å²) in [6.45, 7) is 0.641. The van der Waals surface area contributed by atoms with Gasteiger partial charge < -0.3 is 9.64 Å². The van der Waals surface area contributed by atoms with E-state index in [4.69, 9.17) is 4.74 Å². The molecule has 0 saturated heterocycles. The summed E-state index contributed by atoms with van der Waals surface area (Å²) in [6.07, 6.45) is 1.53.